The molecule has 0 radical (unpaired) electrons. The fourth-order valence-corrected chi connectivity index (χ4v) is 6.70. The Morgan fingerprint density at radius 3 is 2.16 bits per heavy atom. The van der Waals surface area contributed by atoms with Crippen molar-refractivity contribution < 1.29 is 0 Å². The minimum atomic E-state index is 0.580. The summed E-state index contributed by atoms with van der Waals surface area (Å²) in [6.07, 6.45) is 9.08. The van der Waals surface area contributed by atoms with Crippen LogP contribution in [0.2, 0.25) is 0 Å². The molecule has 0 saturated heterocycles. The molecule has 2 heteroatoms. The van der Waals surface area contributed by atoms with Gasteiger partial charge in [0.25, 0.3) is 0 Å². The van der Waals surface area contributed by atoms with Crippen LogP contribution in [0, 0.1) is 30.1 Å². The first-order valence-electron chi connectivity index (χ1n) is 7.91. The van der Waals surface area contributed by atoms with Gasteiger partial charge < -0.3 is 5.32 Å². The molecule has 0 aliphatic heterocycles. The third-order valence-corrected chi connectivity index (χ3v) is 6.95. The largest absolute Gasteiger partial charge is 0.313 e. The van der Waals surface area contributed by atoms with E-state index in [1.165, 1.54) is 43.4 Å². The highest BCUT2D eigenvalue weighted by atomic mass is 32.1. The quantitative estimate of drug-likeness (QED) is 0.854. The lowest BCUT2D eigenvalue weighted by Gasteiger charge is -2.59. The van der Waals surface area contributed by atoms with Crippen molar-refractivity contribution in [2.75, 3.05) is 7.05 Å². The van der Waals surface area contributed by atoms with Crippen molar-refractivity contribution >= 4 is 11.3 Å². The molecular formula is C17H25NS. The SMILES string of the molecule is CNC(c1csc(C)c1)C12CC3CC(CC(C3)C1)C2. The number of nitrogens with one attached hydrogen (secondary N) is 1. The van der Waals surface area contributed by atoms with E-state index < -0.39 is 0 Å². The number of thiophene rings is 1. The second-order valence-electron chi connectivity index (χ2n) is 7.49. The monoisotopic (exact) mass is 275 g/mol. The van der Waals surface area contributed by atoms with Crippen LogP contribution >= 0.6 is 11.3 Å². The highest BCUT2D eigenvalue weighted by Gasteiger charge is 2.54. The summed E-state index contributed by atoms with van der Waals surface area (Å²) in [5.41, 5.74) is 2.14. The van der Waals surface area contributed by atoms with Gasteiger partial charge in [-0.2, -0.15) is 0 Å². The fraction of sp³-hybridized carbons (Fsp3) is 0.765. The third-order valence-electron chi connectivity index (χ3n) is 6.07. The van der Waals surface area contributed by atoms with Gasteiger partial charge in [0, 0.05) is 10.9 Å². The summed E-state index contributed by atoms with van der Waals surface area (Å²) in [7, 11) is 2.18. The zero-order chi connectivity index (χ0) is 13.0. The van der Waals surface area contributed by atoms with E-state index in [0.717, 1.165) is 17.8 Å². The summed E-state index contributed by atoms with van der Waals surface area (Å²) >= 11 is 1.91. The van der Waals surface area contributed by atoms with Gasteiger partial charge in [-0.15, -0.1) is 11.3 Å². The van der Waals surface area contributed by atoms with E-state index in [0.29, 0.717) is 11.5 Å². The van der Waals surface area contributed by atoms with Crippen LogP contribution in [0.3, 0.4) is 0 Å². The van der Waals surface area contributed by atoms with Gasteiger partial charge in [0.2, 0.25) is 0 Å². The van der Waals surface area contributed by atoms with E-state index in [2.05, 4.69) is 30.7 Å². The maximum atomic E-state index is 3.70. The van der Waals surface area contributed by atoms with Crippen LogP contribution in [0.1, 0.15) is 55.0 Å². The molecule has 1 unspecified atom stereocenters. The van der Waals surface area contributed by atoms with Crippen LogP contribution in [0.15, 0.2) is 11.4 Å². The second kappa shape index (κ2) is 4.33. The summed E-state index contributed by atoms with van der Waals surface area (Å²) < 4.78 is 0. The second-order valence-corrected chi connectivity index (χ2v) is 8.61. The first kappa shape index (κ1) is 12.4. The van der Waals surface area contributed by atoms with E-state index in [1.54, 1.807) is 5.56 Å². The molecule has 104 valence electrons. The van der Waals surface area contributed by atoms with Crippen molar-refractivity contribution in [1.82, 2.24) is 5.32 Å². The molecule has 0 spiro atoms. The van der Waals surface area contributed by atoms with Crippen LogP contribution < -0.4 is 5.32 Å². The van der Waals surface area contributed by atoms with Crippen LogP contribution in [0.25, 0.3) is 0 Å². The van der Waals surface area contributed by atoms with Crippen molar-refractivity contribution in [2.24, 2.45) is 23.2 Å². The molecule has 1 heterocycles. The molecule has 4 saturated carbocycles. The van der Waals surface area contributed by atoms with E-state index in [1.807, 2.05) is 11.3 Å². The summed E-state index contributed by atoms with van der Waals surface area (Å²) in [5.74, 6) is 3.13. The van der Waals surface area contributed by atoms with Gasteiger partial charge in [-0.1, -0.05) is 0 Å². The van der Waals surface area contributed by atoms with Crippen molar-refractivity contribution in [3.8, 4) is 0 Å². The van der Waals surface area contributed by atoms with Crippen LogP contribution in [0.5, 0.6) is 0 Å². The van der Waals surface area contributed by atoms with Crippen LogP contribution in [-0.2, 0) is 0 Å². The topological polar surface area (TPSA) is 12.0 Å². The Morgan fingerprint density at radius 2 is 1.74 bits per heavy atom. The number of hydrogen-bond donors (Lipinski definition) is 1. The smallest absolute Gasteiger partial charge is 0.0383 e. The van der Waals surface area contributed by atoms with Crippen LogP contribution in [0.4, 0.5) is 0 Å². The molecule has 1 aromatic rings. The molecule has 1 nitrogen and oxygen atoms in total. The number of rotatable bonds is 3. The van der Waals surface area contributed by atoms with Gasteiger partial charge in [-0.3, -0.25) is 0 Å². The highest BCUT2D eigenvalue weighted by molar-refractivity contribution is 7.10. The minimum Gasteiger partial charge on any atom is -0.313 e. The molecule has 1 N–H and O–H groups in total. The Bertz CT molecular complexity index is 440. The van der Waals surface area contributed by atoms with Crippen molar-refractivity contribution in [2.45, 2.75) is 51.5 Å². The lowest BCUT2D eigenvalue weighted by Crippen LogP contribution is -2.51. The van der Waals surface area contributed by atoms with E-state index in [-0.39, 0.29) is 0 Å². The van der Waals surface area contributed by atoms with Gasteiger partial charge in [-0.25, -0.2) is 0 Å². The molecule has 19 heavy (non-hydrogen) atoms. The van der Waals surface area contributed by atoms with Crippen molar-refractivity contribution in [3.05, 3.63) is 21.9 Å². The Morgan fingerprint density at radius 1 is 1.16 bits per heavy atom. The maximum Gasteiger partial charge on any atom is 0.0383 e. The molecule has 4 aliphatic rings. The molecule has 1 atom stereocenters. The first-order chi connectivity index (χ1) is 9.18. The molecule has 4 fully saturated rings. The molecular weight excluding hydrogens is 250 g/mol. The molecule has 4 aliphatic carbocycles. The Labute approximate surface area is 120 Å². The standard InChI is InChI=1S/C17H25NS/c1-11-3-15(10-19-11)16(18-2)17-7-12-4-13(8-17)6-14(5-12)9-17/h3,10,12-14,16,18H,4-9H2,1-2H3. The fourth-order valence-electron chi connectivity index (χ4n) is 5.97. The van der Waals surface area contributed by atoms with E-state index in [4.69, 9.17) is 0 Å². The highest BCUT2D eigenvalue weighted by Crippen LogP contribution is 2.64. The summed E-state index contributed by atoms with van der Waals surface area (Å²) in [6, 6.07) is 3.02. The van der Waals surface area contributed by atoms with E-state index >= 15 is 0 Å². The molecule has 0 amide bonds. The predicted molar refractivity (Wildman–Crippen MR) is 81.5 cm³/mol. The summed E-state index contributed by atoms with van der Waals surface area (Å²) in [5, 5.41) is 6.09. The Hall–Kier alpha value is -0.340. The zero-order valence-electron chi connectivity index (χ0n) is 12.1. The normalized spacial score (nSPS) is 41.7. The predicted octanol–water partition coefficient (Wildman–Crippen LogP) is 4.53. The maximum absolute atomic E-state index is 3.70. The zero-order valence-corrected chi connectivity index (χ0v) is 12.9. The Kier molecular flexibility index (Phi) is 2.82. The molecule has 0 aromatic carbocycles. The van der Waals surface area contributed by atoms with Gasteiger partial charge in [-0.05, 0) is 92.7 Å². The number of hydrogen-bond acceptors (Lipinski definition) is 2. The van der Waals surface area contributed by atoms with Gasteiger partial charge in [0.05, 0.1) is 0 Å². The van der Waals surface area contributed by atoms with Gasteiger partial charge in [0.15, 0.2) is 0 Å². The minimum absolute atomic E-state index is 0.580. The van der Waals surface area contributed by atoms with E-state index in [9.17, 15) is 0 Å². The first-order valence-corrected chi connectivity index (χ1v) is 8.79. The Balaban J connectivity index is 1.69. The third kappa shape index (κ3) is 1.91. The lowest BCUT2D eigenvalue weighted by molar-refractivity contribution is -0.0735. The lowest BCUT2D eigenvalue weighted by atomic mass is 9.47. The van der Waals surface area contributed by atoms with Gasteiger partial charge in [0.1, 0.15) is 0 Å². The van der Waals surface area contributed by atoms with Gasteiger partial charge >= 0.3 is 0 Å². The average Bonchev–Trinajstić information content (AvgIpc) is 2.74. The summed E-state index contributed by atoms with van der Waals surface area (Å²) in [6.45, 7) is 2.24. The van der Waals surface area contributed by atoms with Crippen LogP contribution in [-0.4, -0.2) is 7.05 Å². The van der Waals surface area contributed by atoms with Crippen molar-refractivity contribution in [1.29, 1.82) is 0 Å². The number of aryl methyl sites for hydroxylation is 1. The average molecular weight is 275 g/mol. The molecule has 4 bridgehead atoms. The summed E-state index contributed by atoms with van der Waals surface area (Å²) in [4.78, 5) is 1.46. The van der Waals surface area contributed by atoms with Crippen molar-refractivity contribution in [3.63, 3.8) is 0 Å². The molecule has 1 aromatic heterocycles. The molecule has 5 rings (SSSR count).